The number of fused-ring (bicyclic) bond motifs is 2. The van der Waals surface area contributed by atoms with Crippen molar-refractivity contribution in [1.29, 1.82) is 0 Å². The summed E-state index contributed by atoms with van der Waals surface area (Å²) in [5.41, 5.74) is 5.97. The summed E-state index contributed by atoms with van der Waals surface area (Å²) >= 11 is 6.44. The van der Waals surface area contributed by atoms with Gasteiger partial charge in [0.05, 0.1) is 28.8 Å². The SMILES string of the molecule is Cc1ncccc1-c1nc2c(Cl)cccc2cc1[C@H](C)c1ncc2[nH]cnc2n1. The highest BCUT2D eigenvalue weighted by atomic mass is 35.5. The lowest BCUT2D eigenvalue weighted by Crippen LogP contribution is -2.06. The van der Waals surface area contributed by atoms with E-state index in [9.17, 15) is 0 Å². The van der Waals surface area contributed by atoms with E-state index in [2.05, 4.69) is 37.9 Å². The smallest absolute Gasteiger partial charge is 0.180 e. The predicted molar refractivity (Wildman–Crippen MR) is 114 cm³/mol. The van der Waals surface area contributed by atoms with E-state index in [1.165, 1.54) is 0 Å². The van der Waals surface area contributed by atoms with Crippen LogP contribution in [0.2, 0.25) is 5.02 Å². The first kappa shape index (κ1) is 17.7. The van der Waals surface area contributed by atoms with E-state index in [0.29, 0.717) is 16.5 Å². The van der Waals surface area contributed by atoms with Gasteiger partial charge in [0.25, 0.3) is 0 Å². The number of hydrogen-bond acceptors (Lipinski definition) is 5. The Morgan fingerprint density at radius 3 is 2.79 bits per heavy atom. The lowest BCUT2D eigenvalue weighted by molar-refractivity contribution is 0.822. The molecule has 4 heterocycles. The van der Waals surface area contributed by atoms with Crippen molar-refractivity contribution in [2.75, 3.05) is 0 Å². The van der Waals surface area contributed by atoms with Gasteiger partial charge < -0.3 is 4.98 Å². The first-order valence-corrected chi connectivity index (χ1v) is 9.67. The van der Waals surface area contributed by atoms with Crippen molar-refractivity contribution in [1.82, 2.24) is 29.9 Å². The van der Waals surface area contributed by atoms with Gasteiger partial charge in [0.2, 0.25) is 0 Å². The Bertz CT molecular complexity index is 1360. The fourth-order valence-corrected chi connectivity index (χ4v) is 3.78. The van der Waals surface area contributed by atoms with E-state index in [4.69, 9.17) is 16.6 Å². The fourth-order valence-electron chi connectivity index (χ4n) is 3.56. The minimum Gasteiger partial charge on any atom is -0.342 e. The lowest BCUT2D eigenvalue weighted by Gasteiger charge is -2.17. The molecule has 0 radical (unpaired) electrons. The van der Waals surface area contributed by atoms with Gasteiger partial charge in [-0.1, -0.05) is 30.7 Å². The van der Waals surface area contributed by atoms with Crippen LogP contribution in [0.15, 0.2) is 55.1 Å². The summed E-state index contributed by atoms with van der Waals surface area (Å²) < 4.78 is 0. The Labute approximate surface area is 172 Å². The molecule has 0 unspecified atom stereocenters. The van der Waals surface area contributed by atoms with E-state index in [-0.39, 0.29) is 5.92 Å². The zero-order valence-electron chi connectivity index (χ0n) is 15.9. The molecule has 1 atom stereocenters. The maximum absolute atomic E-state index is 6.44. The number of H-pyrrole nitrogens is 1. The monoisotopic (exact) mass is 400 g/mol. The maximum atomic E-state index is 6.44. The average Bonchev–Trinajstić information content (AvgIpc) is 3.21. The molecule has 6 nitrogen and oxygen atoms in total. The third-order valence-electron chi connectivity index (χ3n) is 5.14. The number of para-hydroxylation sites is 1. The summed E-state index contributed by atoms with van der Waals surface area (Å²) in [7, 11) is 0. The summed E-state index contributed by atoms with van der Waals surface area (Å²) in [5, 5.41) is 1.60. The molecule has 0 aliphatic carbocycles. The molecular formula is C22H17ClN6. The minimum absolute atomic E-state index is 0.0958. The molecule has 0 aliphatic heterocycles. The van der Waals surface area contributed by atoms with E-state index < -0.39 is 0 Å². The van der Waals surface area contributed by atoms with Gasteiger partial charge in [-0.25, -0.2) is 19.9 Å². The van der Waals surface area contributed by atoms with Crippen LogP contribution < -0.4 is 0 Å². The number of nitrogens with zero attached hydrogens (tertiary/aromatic N) is 5. The number of pyridine rings is 2. The van der Waals surface area contributed by atoms with Gasteiger partial charge in [-0.15, -0.1) is 0 Å². The van der Waals surface area contributed by atoms with Gasteiger partial charge >= 0.3 is 0 Å². The van der Waals surface area contributed by atoms with Crippen LogP contribution in [-0.2, 0) is 0 Å². The van der Waals surface area contributed by atoms with Crippen LogP contribution in [0.3, 0.4) is 0 Å². The molecule has 0 amide bonds. The molecule has 0 aliphatic rings. The van der Waals surface area contributed by atoms with Gasteiger partial charge in [-0.2, -0.15) is 0 Å². The van der Waals surface area contributed by atoms with Crippen LogP contribution in [0.1, 0.15) is 29.9 Å². The number of aryl methyl sites for hydroxylation is 1. The maximum Gasteiger partial charge on any atom is 0.180 e. The number of benzene rings is 1. The number of nitrogens with one attached hydrogen (secondary N) is 1. The molecule has 5 rings (SSSR count). The second-order valence-electron chi connectivity index (χ2n) is 6.96. The molecule has 0 bridgehead atoms. The largest absolute Gasteiger partial charge is 0.342 e. The van der Waals surface area contributed by atoms with Crippen molar-refractivity contribution in [2.24, 2.45) is 0 Å². The Kier molecular flexibility index (Phi) is 4.21. The highest BCUT2D eigenvalue weighted by molar-refractivity contribution is 6.35. The Morgan fingerprint density at radius 1 is 1.03 bits per heavy atom. The Balaban J connectivity index is 1.76. The van der Waals surface area contributed by atoms with Crippen LogP contribution in [0.4, 0.5) is 0 Å². The van der Waals surface area contributed by atoms with Gasteiger partial charge in [0, 0.05) is 28.8 Å². The number of halogens is 1. The summed E-state index contributed by atoms with van der Waals surface area (Å²) in [5.74, 6) is 0.595. The van der Waals surface area contributed by atoms with Crippen molar-refractivity contribution in [3.8, 4) is 11.3 Å². The second-order valence-corrected chi connectivity index (χ2v) is 7.37. The Hall–Kier alpha value is -3.38. The molecule has 1 aromatic carbocycles. The summed E-state index contributed by atoms with van der Waals surface area (Å²) in [6.45, 7) is 4.06. The van der Waals surface area contributed by atoms with E-state index in [1.54, 1.807) is 18.7 Å². The first-order valence-electron chi connectivity index (χ1n) is 9.29. The van der Waals surface area contributed by atoms with Crippen LogP contribution in [0.25, 0.3) is 33.3 Å². The summed E-state index contributed by atoms with van der Waals surface area (Å²) in [6.07, 6.45) is 5.17. The standard InChI is InChI=1S/C22H17ClN6/c1-12(21-25-10-18-22(29-21)27-11-26-18)16-9-14-5-3-7-17(23)19(14)28-20(16)15-6-4-8-24-13(15)2/h3-12H,1-2H3,(H,25,26,27,29)/t12-/m0/s1. The van der Waals surface area contributed by atoms with Crippen LogP contribution in [0.5, 0.6) is 0 Å². The molecule has 0 saturated heterocycles. The number of imidazole rings is 1. The number of aromatic nitrogens is 6. The third-order valence-corrected chi connectivity index (χ3v) is 5.44. The topological polar surface area (TPSA) is 80.2 Å². The normalized spacial score (nSPS) is 12.5. The van der Waals surface area contributed by atoms with Gasteiger partial charge in [0.15, 0.2) is 5.65 Å². The lowest BCUT2D eigenvalue weighted by atomic mass is 9.93. The Morgan fingerprint density at radius 2 is 1.93 bits per heavy atom. The van der Waals surface area contributed by atoms with Gasteiger partial charge in [-0.05, 0) is 36.8 Å². The molecule has 4 aromatic heterocycles. The highest BCUT2D eigenvalue weighted by Crippen LogP contribution is 2.35. The molecule has 1 N–H and O–H groups in total. The number of aromatic amines is 1. The zero-order valence-corrected chi connectivity index (χ0v) is 16.6. The van der Waals surface area contributed by atoms with Crippen molar-refractivity contribution in [3.63, 3.8) is 0 Å². The van der Waals surface area contributed by atoms with Crippen LogP contribution in [-0.4, -0.2) is 29.9 Å². The molecule has 0 saturated carbocycles. The highest BCUT2D eigenvalue weighted by Gasteiger charge is 2.21. The molecule has 142 valence electrons. The van der Waals surface area contributed by atoms with Crippen molar-refractivity contribution in [2.45, 2.75) is 19.8 Å². The van der Waals surface area contributed by atoms with E-state index in [0.717, 1.165) is 38.9 Å². The molecule has 0 fully saturated rings. The van der Waals surface area contributed by atoms with Crippen LogP contribution in [0, 0.1) is 6.92 Å². The second kappa shape index (κ2) is 6.90. The molecule has 7 heteroatoms. The third kappa shape index (κ3) is 3.02. The van der Waals surface area contributed by atoms with Gasteiger partial charge in [-0.3, -0.25) is 4.98 Å². The number of rotatable bonds is 3. The quantitative estimate of drug-likeness (QED) is 0.457. The van der Waals surface area contributed by atoms with E-state index in [1.807, 2.05) is 37.3 Å². The molecular weight excluding hydrogens is 384 g/mol. The first-order chi connectivity index (χ1) is 14.1. The molecule has 29 heavy (non-hydrogen) atoms. The van der Waals surface area contributed by atoms with Crippen LogP contribution >= 0.6 is 11.6 Å². The van der Waals surface area contributed by atoms with Gasteiger partial charge in [0.1, 0.15) is 11.3 Å². The minimum atomic E-state index is -0.0958. The summed E-state index contributed by atoms with van der Waals surface area (Å²) in [6, 6.07) is 11.9. The zero-order chi connectivity index (χ0) is 20.0. The fraction of sp³-hybridized carbons (Fsp3) is 0.136. The van der Waals surface area contributed by atoms with Crippen molar-refractivity contribution < 1.29 is 0 Å². The summed E-state index contributed by atoms with van der Waals surface area (Å²) in [4.78, 5) is 25.9. The van der Waals surface area contributed by atoms with E-state index >= 15 is 0 Å². The predicted octanol–water partition coefficient (Wildman–Crippen LogP) is 5.08. The molecule has 5 aromatic rings. The molecule has 0 spiro atoms. The van der Waals surface area contributed by atoms with Crippen molar-refractivity contribution in [3.05, 3.63) is 77.2 Å². The van der Waals surface area contributed by atoms with Crippen molar-refractivity contribution >= 4 is 33.7 Å². The number of hydrogen-bond donors (Lipinski definition) is 1. The average molecular weight is 401 g/mol.